The maximum Gasteiger partial charge on any atom is 0.271 e. The number of amides is 2. The van der Waals surface area contributed by atoms with Gasteiger partial charge in [0.2, 0.25) is 0 Å². The fourth-order valence-electron chi connectivity index (χ4n) is 2.81. The molecule has 3 rings (SSSR count). The van der Waals surface area contributed by atoms with Gasteiger partial charge in [0.25, 0.3) is 11.8 Å². The fourth-order valence-corrected chi connectivity index (χ4v) is 3.32. The Labute approximate surface area is 195 Å². The van der Waals surface area contributed by atoms with Crippen molar-refractivity contribution < 1.29 is 14.3 Å². The van der Waals surface area contributed by atoms with Crippen molar-refractivity contribution in [3.8, 4) is 5.75 Å². The predicted molar refractivity (Wildman–Crippen MR) is 130 cm³/mol. The number of ether oxygens (including phenoxy) is 1. The molecule has 3 aromatic carbocycles. The number of nitrogens with one attached hydrogen (secondary N) is 2. The van der Waals surface area contributed by atoms with Gasteiger partial charge >= 0.3 is 0 Å². The average Bonchev–Trinajstić information content (AvgIpc) is 2.76. The van der Waals surface area contributed by atoms with Crippen LogP contribution in [0.5, 0.6) is 5.75 Å². The molecule has 0 heterocycles. The number of carbonyl (C=O) groups excluding carboxylic acids is 2. The van der Waals surface area contributed by atoms with Crippen molar-refractivity contribution in [2.75, 3.05) is 11.9 Å². The highest BCUT2D eigenvalue weighted by Crippen LogP contribution is 2.25. The van der Waals surface area contributed by atoms with E-state index < -0.39 is 0 Å². The minimum absolute atomic E-state index is 0.119. The number of hydrogen-bond donors (Lipinski definition) is 2. The molecular formula is C25H24BrN3O3. The Morgan fingerprint density at radius 1 is 0.969 bits per heavy atom. The van der Waals surface area contributed by atoms with Gasteiger partial charge < -0.3 is 10.1 Å². The summed E-state index contributed by atoms with van der Waals surface area (Å²) in [6.07, 6.45) is 1.53. The molecule has 0 unspecified atom stereocenters. The average molecular weight is 494 g/mol. The summed E-state index contributed by atoms with van der Waals surface area (Å²) in [7, 11) is 0. The van der Waals surface area contributed by atoms with Crippen molar-refractivity contribution in [3.05, 3.63) is 93.0 Å². The summed E-state index contributed by atoms with van der Waals surface area (Å²) in [6, 6.07) is 18.3. The minimum atomic E-state index is -0.282. The number of nitrogens with zero attached hydrogens (tertiary/aromatic N) is 1. The van der Waals surface area contributed by atoms with Crippen LogP contribution in [-0.2, 0) is 4.79 Å². The van der Waals surface area contributed by atoms with Crippen LogP contribution in [0.25, 0.3) is 0 Å². The largest absolute Gasteiger partial charge is 0.483 e. The van der Waals surface area contributed by atoms with E-state index in [1.54, 1.807) is 30.3 Å². The summed E-state index contributed by atoms with van der Waals surface area (Å²) in [5.74, 6) is 0.000685. The van der Waals surface area contributed by atoms with Crippen LogP contribution in [0, 0.1) is 20.8 Å². The molecule has 2 amide bonds. The maximum absolute atomic E-state index is 12.2. The fraction of sp³-hybridized carbons (Fsp3) is 0.160. The Balaban J connectivity index is 1.52. The van der Waals surface area contributed by atoms with Crippen LogP contribution in [-0.4, -0.2) is 24.6 Å². The number of benzene rings is 3. The molecule has 0 aliphatic carbocycles. The minimum Gasteiger partial charge on any atom is -0.483 e. The van der Waals surface area contributed by atoms with Gasteiger partial charge in [-0.05, 0) is 95.9 Å². The molecule has 2 N–H and O–H groups in total. The number of halogens is 1. The number of hydrazone groups is 1. The van der Waals surface area contributed by atoms with Gasteiger partial charge in [0, 0.05) is 11.3 Å². The zero-order chi connectivity index (χ0) is 23.1. The van der Waals surface area contributed by atoms with Gasteiger partial charge in [-0.2, -0.15) is 5.10 Å². The predicted octanol–water partition coefficient (Wildman–Crippen LogP) is 5.16. The van der Waals surface area contributed by atoms with Gasteiger partial charge in [-0.1, -0.05) is 23.8 Å². The molecule has 0 radical (unpaired) electrons. The Kier molecular flexibility index (Phi) is 7.78. The smallest absolute Gasteiger partial charge is 0.271 e. The van der Waals surface area contributed by atoms with Crippen LogP contribution in [0.4, 0.5) is 5.69 Å². The third kappa shape index (κ3) is 6.52. The molecule has 0 aliphatic heterocycles. The quantitative estimate of drug-likeness (QED) is 0.352. The SMILES string of the molecule is Cc1ccc(C(=O)N/N=C/c2ccc(OCC(=O)Nc3ccc(C)c(C)c3)c(Br)c2)cc1. The lowest BCUT2D eigenvalue weighted by Gasteiger charge is -2.10. The Morgan fingerprint density at radius 3 is 2.41 bits per heavy atom. The molecule has 164 valence electrons. The lowest BCUT2D eigenvalue weighted by Crippen LogP contribution is -2.20. The molecule has 3 aromatic rings. The zero-order valence-electron chi connectivity index (χ0n) is 18.1. The van der Waals surface area contributed by atoms with Crippen molar-refractivity contribution in [1.29, 1.82) is 0 Å². The molecule has 0 bridgehead atoms. The molecule has 0 aliphatic rings. The molecule has 0 aromatic heterocycles. The van der Waals surface area contributed by atoms with Crippen LogP contribution >= 0.6 is 15.9 Å². The van der Waals surface area contributed by atoms with E-state index in [0.29, 0.717) is 15.8 Å². The molecule has 0 atom stereocenters. The van der Waals surface area contributed by atoms with Gasteiger partial charge in [-0.3, -0.25) is 9.59 Å². The lowest BCUT2D eigenvalue weighted by molar-refractivity contribution is -0.118. The van der Waals surface area contributed by atoms with Crippen molar-refractivity contribution in [1.82, 2.24) is 5.43 Å². The second-order valence-corrected chi connectivity index (χ2v) is 8.25. The van der Waals surface area contributed by atoms with E-state index in [0.717, 1.165) is 22.4 Å². The number of anilines is 1. The summed E-state index contributed by atoms with van der Waals surface area (Å²) in [5, 5.41) is 6.82. The molecule has 0 saturated heterocycles. The molecule has 32 heavy (non-hydrogen) atoms. The summed E-state index contributed by atoms with van der Waals surface area (Å²) >= 11 is 3.44. The molecule has 0 saturated carbocycles. The maximum atomic E-state index is 12.2. The third-order valence-corrected chi connectivity index (χ3v) is 5.42. The number of hydrogen-bond acceptors (Lipinski definition) is 4. The number of aryl methyl sites for hydroxylation is 3. The first-order valence-electron chi connectivity index (χ1n) is 10.0. The van der Waals surface area contributed by atoms with Crippen molar-refractivity contribution in [2.24, 2.45) is 5.10 Å². The van der Waals surface area contributed by atoms with E-state index in [9.17, 15) is 9.59 Å². The van der Waals surface area contributed by atoms with Crippen LogP contribution in [0.3, 0.4) is 0 Å². The molecule has 7 heteroatoms. The van der Waals surface area contributed by atoms with Gasteiger partial charge in [-0.15, -0.1) is 0 Å². The van der Waals surface area contributed by atoms with Crippen molar-refractivity contribution >= 4 is 39.6 Å². The van der Waals surface area contributed by atoms with E-state index in [2.05, 4.69) is 31.8 Å². The van der Waals surface area contributed by atoms with Crippen molar-refractivity contribution in [3.63, 3.8) is 0 Å². The highest BCUT2D eigenvalue weighted by atomic mass is 79.9. The monoisotopic (exact) mass is 493 g/mol. The lowest BCUT2D eigenvalue weighted by atomic mass is 10.1. The topological polar surface area (TPSA) is 79.8 Å². The van der Waals surface area contributed by atoms with Gasteiger partial charge in [0.1, 0.15) is 5.75 Å². The van der Waals surface area contributed by atoms with E-state index in [1.165, 1.54) is 11.8 Å². The Bertz CT molecular complexity index is 1160. The van der Waals surface area contributed by atoms with Crippen LogP contribution in [0.2, 0.25) is 0 Å². The summed E-state index contributed by atoms with van der Waals surface area (Å²) in [6.45, 7) is 5.86. The van der Waals surface area contributed by atoms with Gasteiger partial charge in [-0.25, -0.2) is 5.43 Å². The third-order valence-electron chi connectivity index (χ3n) is 4.80. The standard InChI is InChI=1S/C25H24BrN3O3/c1-16-4-8-20(9-5-16)25(31)29-27-14-19-7-11-23(22(26)13-19)32-15-24(30)28-21-10-6-17(2)18(3)12-21/h4-14H,15H2,1-3H3,(H,28,30)(H,29,31)/b27-14+. The van der Waals surface area contributed by atoms with E-state index in [4.69, 9.17) is 4.74 Å². The molecular weight excluding hydrogens is 470 g/mol. The summed E-state index contributed by atoms with van der Waals surface area (Å²) < 4.78 is 6.29. The first-order valence-corrected chi connectivity index (χ1v) is 10.8. The van der Waals surface area contributed by atoms with Gasteiger partial charge in [0.15, 0.2) is 6.61 Å². The van der Waals surface area contributed by atoms with E-state index in [-0.39, 0.29) is 18.4 Å². The number of rotatable bonds is 7. The highest BCUT2D eigenvalue weighted by molar-refractivity contribution is 9.10. The van der Waals surface area contributed by atoms with Crippen LogP contribution in [0.1, 0.15) is 32.6 Å². The summed E-state index contributed by atoms with van der Waals surface area (Å²) in [5.41, 5.74) is 7.90. The van der Waals surface area contributed by atoms with Crippen LogP contribution in [0.15, 0.2) is 70.2 Å². The number of carbonyl (C=O) groups is 2. The first-order chi connectivity index (χ1) is 15.3. The van der Waals surface area contributed by atoms with Crippen molar-refractivity contribution in [2.45, 2.75) is 20.8 Å². The van der Waals surface area contributed by atoms with Crippen LogP contribution < -0.4 is 15.5 Å². The Morgan fingerprint density at radius 2 is 1.72 bits per heavy atom. The van der Waals surface area contributed by atoms with Gasteiger partial charge in [0.05, 0.1) is 10.7 Å². The highest BCUT2D eigenvalue weighted by Gasteiger charge is 2.08. The Hall–Kier alpha value is -3.45. The molecule has 0 fully saturated rings. The van der Waals surface area contributed by atoms with E-state index >= 15 is 0 Å². The summed E-state index contributed by atoms with van der Waals surface area (Å²) in [4.78, 5) is 24.3. The zero-order valence-corrected chi connectivity index (χ0v) is 19.7. The normalized spacial score (nSPS) is 10.8. The second-order valence-electron chi connectivity index (χ2n) is 7.39. The van der Waals surface area contributed by atoms with E-state index in [1.807, 2.05) is 51.1 Å². The molecule has 6 nitrogen and oxygen atoms in total. The first kappa shape index (κ1) is 23.2. The molecule has 0 spiro atoms. The second kappa shape index (κ2) is 10.7.